The summed E-state index contributed by atoms with van der Waals surface area (Å²) in [7, 11) is 0. The van der Waals surface area contributed by atoms with E-state index in [2.05, 4.69) is 10.6 Å². The molecule has 1 aromatic carbocycles. The van der Waals surface area contributed by atoms with Gasteiger partial charge in [0.15, 0.2) is 0 Å². The molecular formula is C16H24N2O2. The smallest absolute Gasteiger partial charge is 0.230 e. The predicted octanol–water partition coefficient (Wildman–Crippen LogP) is 3.66. The Labute approximate surface area is 121 Å². The molecule has 4 nitrogen and oxygen atoms in total. The quantitative estimate of drug-likeness (QED) is 0.862. The van der Waals surface area contributed by atoms with Crippen molar-refractivity contribution in [3.05, 3.63) is 24.3 Å². The molecule has 4 heteroatoms. The normalized spacial score (nSPS) is 11.3. The molecular weight excluding hydrogens is 252 g/mol. The second-order valence-electron chi connectivity index (χ2n) is 5.92. The third-order valence-corrected chi connectivity index (χ3v) is 3.41. The average molecular weight is 276 g/mol. The van der Waals surface area contributed by atoms with Gasteiger partial charge in [-0.2, -0.15) is 0 Å². The summed E-state index contributed by atoms with van der Waals surface area (Å²) in [4.78, 5) is 23.8. The zero-order valence-electron chi connectivity index (χ0n) is 12.9. The van der Waals surface area contributed by atoms with Crippen molar-refractivity contribution in [1.29, 1.82) is 0 Å². The first-order valence-electron chi connectivity index (χ1n) is 6.98. The number of hydrogen-bond donors (Lipinski definition) is 2. The van der Waals surface area contributed by atoms with Crippen molar-refractivity contribution in [1.82, 2.24) is 0 Å². The van der Waals surface area contributed by atoms with Crippen molar-refractivity contribution in [3.8, 4) is 0 Å². The second-order valence-corrected chi connectivity index (χ2v) is 5.92. The Bertz CT molecular complexity index is 493. The summed E-state index contributed by atoms with van der Waals surface area (Å²) < 4.78 is 0. The molecule has 0 aliphatic rings. The molecule has 0 radical (unpaired) electrons. The molecule has 110 valence electrons. The Morgan fingerprint density at radius 1 is 1.15 bits per heavy atom. The predicted molar refractivity (Wildman–Crippen MR) is 82.6 cm³/mol. The van der Waals surface area contributed by atoms with Crippen LogP contribution in [0.2, 0.25) is 0 Å². The first-order chi connectivity index (χ1) is 9.26. The largest absolute Gasteiger partial charge is 0.326 e. The van der Waals surface area contributed by atoms with Crippen LogP contribution in [0, 0.1) is 11.3 Å². The minimum atomic E-state index is -0.406. The number of carbonyl (C=O) groups is 2. The van der Waals surface area contributed by atoms with Gasteiger partial charge < -0.3 is 10.6 Å². The standard InChI is InChI=1S/C16H24N2O2/c1-6-16(4,5)15(20)18-13-9-7-8-12(10-13)17-14(19)11(2)3/h7-11H,6H2,1-5H3,(H,17,19)(H,18,20). The highest BCUT2D eigenvalue weighted by Gasteiger charge is 2.25. The van der Waals surface area contributed by atoms with Crippen LogP contribution in [0.15, 0.2) is 24.3 Å². The molecule has 0 atom stereocenters. The summed E-state index contributed by atoms with van der Waals surface area (Å²) in [6.45, 7) is 9.48. The molecule has 0 fully saturated rings. The van der Waals surface area contributed by atoms with E-state index in [-0.39, 0.29) is 17.7 Å². The Morgan fingerprint density at radius 2 is 1.70 bits per heavy atom. The monoisotopic (exact) mass is 276 g/mol. The Hall–Kier alpha value is -1.84. The Kier molecular flexibility index (Phi) is 5.31. The van der Waals surface area contributed by atoms with Gasteiger partial charge in [0, 0.05) is 22.7 Å². The molecule has 1 aromatic rings. The molecule has 0 aliphatic heterocycles. The fourth-order valence-corrected chi connectivity index (χ4v) is 1.42. The summed E-state index contributed by atoms with van der Waals surface area (Å²) in [5.41, 5.74) is 0.978. The van der Waals surface area contributed by atoms with E-state index in [1.807, 2.05) is 46.8 Å². The van der Waals surface area contributed by atoms with Crippen LogP contribution in [0.4, 0.5) is 11.4 Å². The van der Waals surface area contributed by atoms with Crippen molar-refractivity contribution in [3.63, 3.8) is 0 Å². The van der Waals surface area contributed by atoms with E-state index in [1.165, 1.54) is 0 Å². The molecule has 2 amide bonds. The SMILES string of the molecule is CCC(C)(C)C(=O)Nc1cccc(NC(=O)C(C)C)c1. The van der Waals surface area contributed by atoms with Gasteiger partial charge in [0.25, 0.3) is 0 Å². The molecule has 0 unspecified atom stereocenters. The number of benzene rings is 1. The first-order valence-corrected chi connectivity index (χ1v) is 6.98. The summed E-state index contributed by atoms with van der Waals surface area (Å²) in [6.07, 6.45) is 0.766. The minimum absolute atomic E-state index is 0.0210. The zero-order chi connectivity index (χ0) is 15.3. The number of amides is 2. The van der Waals surface area contributed by atoms with Gasteiger partial charge in [0.1, 0.15) is 0 Å². The van der Waals surface area contributed by atoms with Crippen LogP contribution in [-0.4, -0.2) is 11.8 Å². The van der Waals surface area contributed by atoms with E-state index in [4.69, 9.17) is 0 Å². The molecule has 0 saturated heterocycles. The Balaban J connectivity index is 2.79. The molecule has 1 rings (SSSR count). The molecule has 0 bridgehead atoms. The van der Waals surface area contributed by atoms with Crippen LogP contribution in [-0.2, 0) is 9.59 Å². The van der Waals surface area contributed by atoms with E-state index in [1.54, 1.807) is 12.1 Å². The van der Waals surface area contributed by atoms with Gasteiger partial charge in [0.05, 0.1) is 0 Å². The van der Waals surface area contributed by atoms with Crippen LogP contribution in [0.5, 0.6) is 0 Å². The highest BCUT2D eigenvalue weighted by atomic mass is 16.2. The van der Waals surface area contributed by atoms with Gasteiger partial charge in [-0.3, -0.25) is 9.59 Å². The van der Waals surface area contributed by atoms with Crippen LogP contribution in [0.1, 0.15) is 41.0 Å². The lowest BCUT2D eigenvalue weighted by atomic mass is 9.89. The molecule has 0 aromatic heterocycles. The molecule has 0 aliphatic carbocycles. The van der Waals surface area contributed by atoms with E-state index >= 15 is 0 Å². The number of hydrogen-bond acceptors (Lipinski definition) is 2. The molecule has 0 saturated carbocycles. The lowest BCUT2D eigenvalue weighted by molar-refractivity contribution is -0.124. The molecule has 0 spiro atoms. The van der Waals surface area contributed by atoms with Gasteiger partial charge >= 0.3 is 0 Å². The topological polar surface area (TPSA) is 58.2 Å². The maximum absolute atomic E-state index is 12.1. The first kappa shape index (κ1) is 16.2. The van der Waals surface area contributed by atoms with Crippen molar-refractivity contribution < 1.29 is 9.59 Å². The van der Waals surface area contributed by atoms with Gasteiger partial charge in [-0.1, -0.05) is 40.7 Å². The maximum atomic E-state index is 12.1. The summed E-state index contributed by atoms with van der Waals surface area (Å²) >= 11 is 0. The van der Waals surface area contributed by atoms with Crippen molar-refractivity contribution in [2.45, 2.75) is 41.0 Å². The lowest BCUT2D eigenvalue weighted by Crippen LogP contribution is -2.30. The highest BCUT2D eigenvalue weighted by molar-refractivity contribution is 5.96. The van der Waals surface area contributed by atoms with Crippen molar-refractivity contribution >= 4 is 23.2 Å². The van der Waals surface area contributed by atoms with E-state index in [0.29, 0.717) is 11.4 Å². The lowest BCUT2D eigenvalue weighted by Gasteiger charge is -2.21. The maximum Gasteiger partial charge on any atom is 0.230 e. The molecule has 2 N–H and O–H groups in total. The fourth-order valence-electron chi connectivity index (χ4n) is 1.42. The molecule has 0 heterocycles. The second kappa shape index (κ2) is 6.55. The average Bonchev–Trinajstić information content (AvgIpc) is 2.38. The highest BCUT2D eigenvalue weighted by Crippen LogP contribution is 2.23. The summed E-state index contributed by atoms with van der Waals surface area (Å²) in [5.74, 6) is -0.137. The van der Waals surface area contributed by atoms with Crippen LogP contribution in [0.3, 0.4) is 0 Å². The number of carbonyl (C=O) groups excluding carboxylic acids is 2. The van der Waals surface area contributed by atoms with Gasteiger partial charge in [-0.25, -0.2) is 0 Å². The van der Waals surface area contributed by atoms with Crippen molar-refractivity contribution in [2.24, 2.45) is 11.3 Å². The minimum Gasteiger partial charge on any atom is -0.326 e. The van der Waals surface area contributed by atoms with Gasteiger partial charge in [-0.05, 0) is 24.6 Å². The van der Waals surface area contributed by atoms with Crippen LogP contribution >= 0.6 is 0 Å². The van der Waals surface area contributed by atoms with E-state index in [0.717, 1.165) is 6.42 Å². The summed E-state index contributed by atoms with van der Waals surface area (Å²) in [6, 6.07) is 7.20. The van der Waals surface area contributed by atoms with Crippen LogP contribution < -0.4 is 10.6 Å². The third kappa shape index (κ3) is 4.37. The van der Waals surface area contributed by atoms with Gasteiger partial charge in [0.2, 0.25) is 11.8 Å². The van der Waals surface area contributed by atoms with E-state index < -0.39 is 5.41 Å². The zero-order valence-corrected chi connectivity index (χ0v) is 12.9. The Morgan fingerprint density at radius 3 is 2.20 bits per heavy atom. The number of anilines is 2. The number of nitrogens with one attached hydrogen (secondary N) is 2. The van der Waals surface area contributed by atoms with E-state index in [9.17, 15) is 9.59 Å². The number of rotatable bonds is 5. The summed E-state index contributed by atoms with van der Waals surface area (Å²) in [5, 5.41) is 5.70. The van der Waals surface area contributed by atoms with Crippen LogP contribution in [0.25, 0.3) is 0 Å². The fraction of sp³-hybridized carbons (Fsp3) is 0.500. The van der Waals surface area contributed by atoms with Gasteiger partial charge in [-0.15, -0.1) is 0 Å². The van der Waals surface area contributed by atoms with Crippen molar-refractivity contribution in [2.75, 3.05) is 10.6 Å². The third-order valence-electron chi connectivity index (χ3n) is 3.41. The molecule has 20 heavy (non-hydrogen) atoms.